The van der Waals surface area contributed by atoms with Gasteiger partial charge in [0.25, 0.3) is 0 Å². The average Bonchev–Trinajstić information content (AvgIpc) is 2.77. The summed E-state index contributed by atoms with van der Waals surface area (Å²) in [6.45, 7) is 1.60. The number of hydrogen-bond donors (Lipinski definition) is 1. The van der Waals surface area contributed by atoms with Gasteiger partial charge in [-0.1, -0.05) is 0 Å². The van der Waals surface area contributed by atoms with Gasteiger partial charge in [0.2, 0.25) is 5.91 Å². The summed E-state index contributed by atoms with van der Waals surface area (Å²) in [5.74, 6) is -0.293. The van der Waals surface area contributed by atoms with Crippen molar-refractivity contribution in [1.82, 2.24) is 4.90 Å². The van der Waals surface area contributed by atoms with Gasteiger partial charge in [0.1, 0.15) is 0 Å². The van der Waals surface area contributed by atoms with Crippen molar-refractivity contribution in [3.05, 3.63) is 0 Å². The third-order valence-corrected chi connectivity index (χ3v) is 4.53. The van der Waals surface area contributed by atoms with E-state index in [1.807, 2.05) is 4.90 Å². The lowest BCUT2D eigenvalue weighted by molar-refractivity contribution is -0.149. The van der Waals surface area contributed by atoms with Crippen molar-refractivity contribution in [3.63, 3.8) is 0 Å². The molecule has 1 aliphatic carbocycles. The van der Waals surface area contributed by atoms with E-state index in [-0.39, 0.29) is 23.9 Å². The minimum absolute atomic E-state index is 0.119. The number of rotatable bonds is 1. The minimum Gasteiger partial charge on any atom is -0.481 e. The molecule has 0 radical (unpaired) electrons. The lowest BCUT2D eigenvalue weighted by atomic mass is 9.90. The van der Waals surface area contributed by atoms with Gasteiger partial charge in [-0.25, -0.2) is 0 Å². The van der Waals surface area contributed by atoms with Crippen molar-refractivity contribution >= 4 is 11.9 Å². The molecule has 1 N–H and O–H groups in total. The molecule has 4 heteroatoms. The number of carboxylic acids is 1. The van der Waals surface area contributed by atoms with Gasteiger partial charge in [-0.15, -0.1) is 0 Å². The maximum atomic E-state index is 11.5. The van der Waals surface area contributed by atoms with Gasteiger partial charge in [-0.3, -0.25) is 9.59 Å². The predicted molar refractivity (Wildman–Crippen MR) is 52.1 cm³/mol. The number of carbonyl (C=O) groups excluding carboxylic acids is 1. The zero-order valence-electron chi connectivity index (χ0n) is 8.77. The van der Waals surface area contributed by atoms with Crippen LogP contribution in [-0.2, 0) is 9.59 Å². The Bertz CT molecular complexity index is 354. The van der Waals surface area contributed by atoms with Crippen LogP contribution in [-0.4, -0.2) is 34.0 Å². The highest BCUT2D eigenvalue weighted by Crippen LogP contribution is 2.65. The summed E-state index contributed by atoms with van der Waals surface area (Å²) in [7, 11) is 0. The van der Waals surface area contributed by atoms with Crippen LogP contribution in [0.25, 0.3) is 0 Å². The van der Waals surface area contributed by atoms with E-state index >= 15 is 0 Å². The summed E-state index contributed by atoms with van der Waals surface area (Å²) in [4.78, 5) is 24.6. The van der Waals surface area contributed by atoms with Gasteiger partial charge < -0.3 is 10.0 Å². The smallest absolute Gasteiger partial charge is 0.310 e. The fraction of sp³-hybridized carbons (Fsp3) is 0.818. The van der Waals surface area contributed by atoms with Crippen LogP contribution in [0.5, 0.6) is 0 Å². The van der Waals surface area contributed by atoms with Crippen LogP contribution in [0.4, 0.5) is 0 Å². The predicted octanol–water partition coefficient (Wildman–Crippen LogP) is 0.861. The molecule has 3 aliphatic rings. The highest BCUT2D eigenvalue weighted by Gasteiger charge is 2.70. The number of hydrogen-bond acceptors (Lipinski definition) is 2. The minimum atomic E-state index is -0.646. The van der Waals surface area contributed by atoms with Crippen LogP contribution in [0.1, 0.15) is 32.6 Å². The molecule has 1 amide bonds. The molecule has 2 aliphatic heterocycles. The van der Waals surface area contributed by atoms with Gasteiger partial charge in [0.05, 0.1) is 5.41 Å². The molecule has 0 aromatic carbocycles. The zero-order chi connectivity index (χ0) is 10.8. The summed E-state index contributed by atoms with van der Waals surface area (Å²) >= 11 is 0. The second-order valence-corrected chi connectivity index (χ2v) is 5.20. The number of amides is 1. The first-order valence-corrected chi connectivity index (χ1v) is 5.58. The van der Waals surface area contributed by atoms with Crippen LogP contribution in [0.2, 0.25) is 0 Å². The molecular weight excluding hydrogens is 194 g/mol. The van der Waals surface area contributed by atoms with E-state index in [0.717, 1.165) is 19.3 Å². The fourth-order valence-electron chi connectivity index (χ4n) is 3.82. The van der Waals surface area contributed by atoms with Crippen LogP contribution in [0.3, 0.4) is 0 Å². The van der Waals surface area contributed by atoms with Gasteiger partial charge in [0, 0.05) is 19.0 Å². The van der Waals surface area contributed by atoms with Crippen LogP contribution in [0.15, 0.2) is 0 Å². The van der Waals surface area contributed by atoms with E-state index in [1.54, 1.807) is 6.92 Å². The Kier molecular flexibility index (Phi) is 1.56. The number of nitrogens with zero attached hydrogens (tertiary/aromatic N) is 1. The summed E-state index contributed by atoms with van der Waals surface area (Å²) < 4.78 is 0. The molecule has 0 aromatic heterocycles. The molecule has 3 rings (SSSR count). The highest BCUT2D eigenvalue weighted by molar-refractivity contribution is 5.81. The van der Waals surface area contributed by atoms with Crippen molar-refractivity contribution < 1.29 is 14.7 Å². The maximum absolute atomic E-state index is 11.5. The second-order valence-electron chi connectivity index (χ2n) is 5.20. The third kappa shape index (κ3) is 0.971. The highest BCUT2D eigenvalue weighted by atomic mass is 16.4. The average molecular weight is 209 g/mol. The molecule has 0 aromatic rings. The van der Waals surface area contributed by atoms with Crippen molar-refractivity contribution in [2.24, 2.45) is 11.3 Å². The van der Waals surface area contributed by atoms with Crippen LogP contribution < -0.4 is 0 Å². The van der Waals surface area contributed by atoms with E-state index in [2.05, 4.69) is 0 Å². The first-order valence-electron chi connectivity index (χ1n) is 5.58. The quantitative estimate of drug-likeness (QED) is 0.696. The molecule has 2 heterocycles. The molecule has 4 nitrogen and oxygen atoms in total. The van der Waals surface area contributed by atoms with Crippen molar-refractivity contribution in [1.29, 1.82) is 0 Å². The molecular formula is C11H15NO3. The molecule has 2 bridgehead atoms. The molecule has 15 heavy (non-hydrogen) atoms. The van der Waals surface area contributed by atoms with Gasteiger partial charge in [-0.05, 0) is 31.6 Å². The molecule has 4 atom stereocenters. The van der Waals surface area contributed by atoms with E-state index in [4.69, 9.17) is 0 Å². The Morgan fingerprint density at radius 1 is 1.33 bits per heavy atom. The van der Waals surface area contributed by atoms with E-state index in [1.165, 1.54) is 0 Å². The molecule has 2 saturated heterocycles. The van der Waals surface area contributed by atoms with E-state index in [9.17, 15) is 14.7 Å². The van der Waals surface area contributed by atoms with E-state index < -0.39 is 11.4 Å². The largest absolute Gasteiger partial charge is 0.481 e. The number of carbonyl (C=O) groups is 2. The molecule has 0 spiro atoms. The number of carboxylic acid groups (broad SMARTS) is 1. The zero-order valence-corrected chi connectivity index (χ0v) is 8.77. The summed E-state index contributed by atoms with van der Waals surface area (Å²) in [5, 5.41) is 9.22. The number of fused-ring (bicyclic) bond motifs is 4. The number of aliphatic carboxylic acids is 1. The molecule has 82 valence electrons. The van der Waals surface area contributed by atoms with Crippen LogP contribution in [0, 0.1) is 11.3 Å². The van der Waals surface area contributed by atoms with Gasteiger partial charge in [0.15, 0.2) is 0 Å². The summed E-state index contributed by atoms with van der Waals surface area (Å²) in [6, 6.07) is 0.416. The van der Waals surface area contributed by atoms with E-state index in [0.29, 0.717) is 6.42 Å². The standard InChI is InChI=1S/C11H15NO3/c1-6(13)12-7-2-3-9(12)8-5-11(8,4-7)10(14)15/h7-9H,2-5H2,1H3,(H,14,15)/t7-,8+,9+,11-/m1/s1. The molecule has 3 fully saturated rings. The van der Waals surface area contributed by atoms with Crippen molar-refractivity contribution in [2.45, 2.75) is 44.7 Å². The first-order chi connectivity index (χ1) is 7.06. The Morgan fingerprint density at radius 2 is 2.07 bits per heavy atom. The Morgan fingerprint density at radius 3 is 2.67 bits per heavy atom. The summed E-state index contributed by atoms with van der Waals surface area (Å²) in [6.07, 6.45) is 3.47. The van der Waals surface area contributed by atoms with Gasteiger partial charge >= 0.3 is 5.97 Å². The number of piperidine rings is 1. The lowest BCUT2D eigenvalue weighted by Crippen LogP contribution is -2.48. The topological polar surface area (TPSA) is 57.6 Å². The monoisotopic (exact) mass is 209 g/mol. The third-order valence-electron chi connectivity index (χ3n) is 4.53. The molecule has 0 unspecified atom stereocenters. The van der Waals surface area contributed by atoms with Crippen molar-refractivity contribution in [2.75, 3.05) is 0 Å². The van der Waals surface area contributed by atoms with Crippen molar-refractivity contribution in [3.8, 4) is 0 Å². The Balaban J connectivity index is 1.91. The Hall–Kier alpha value is -1.06. The maximum Gasteiger partial charge on any atom is 0.310 e. The first kappa shape index (κ1) is 9.19. The normalized spacial score (nSPS) is 46.2. The van der Waals surface area contributed by atoms with Gasteiger partial charge in [-0.2, -0.15) is 0 Å². The molecule has 1 saturated carbocycles. The lowest BCUT2D eigenvalue weighted by Gasteiger charge is -2.36. The Labute approximate surface area is 88.2 Å². The SMILES string of the molecule is CC(=O)N1[C@@H]2CC[C@H]1[C@@H]1C[C@]1(C(=O)O)C2. The van der Waals surface area contributed by atoms with Crippen LogP contribution >= 0.6 is 0 Å². The fourth-order valence-corrected chi connectivity index (χ4v) is 3.82. The second kappa shape index (κ2) is 2.54. The summed E-state index contributed by atoms with van der Waals surface area (Å²) in [5.41, 5.74) is -0.461.